The van der Waals surface area contributed by atoms with E-state index in [4.69, 9.17) is 15.9 Å². The molecule has 10 heteroatoms. The van der Waals surface area contributed by atoms with Crippen LogP contribution in [0.1, 0.15) is 19.8 Å². The van der Waals surface area contributed by atoms with Crippen molar-refractivity contribution in [3.8, 4) is 0 Å². The van der Waals surface area contributed by atoms with Gasteiger partial charge in [0.25, 0.3) is 0 Å². The fraction of sp³-hybridized carbons (Fsp3) is 0.636. The summed E-state index contributed by atoms with van der Waals surface area (Å²) in [6.45, 7) is 1.36. The van der Waals surface area contributed by atoms with Gasteiger partial charge in [0.2, 0.25) is 11.8 Å². The Morgan fingerprint density at radius 1 is 1.14 bits per heavy atom. The normalized spacial score (nSPS) is 14.6. The lowest BCUT2D eigenvalue weighted by molar-refractivity contribution is -0.143. The van der Waals surface area contributed by atoms with Crippen molar-refractivity contribution >= 4 is 36.4 Å². The summed E-state index contributed by atoms with van der Waals surface area (Å²) in [4.78, 5) is 44.6. The van der Waals surface area contributed by atoms with Gasteiger partial charge in [0.15, 0.2) is 0 Å². The van der Waals surface area contributed by atoms with E-state index < -0.39 is 48.3 Å². The second-order valence-electron chi connectivity index (χ2n) is 4.35. The van der Waals surface area contributed by atoms with Gasteiger partial charge in [-0.05, 0) is 13.3 Å². The van der Waals surface area contributed by atoms with Gasteiger partial charge in [-0.3, -0.25) is 14.4 Å². The second kappa shape index (κ2) is 9.19. The molecule has 0 saturated carbocycles. The summed E-state index contributed by atoms with van der Waals surface area (Å²) < 4.78 is 0. The number of carboxylic acids is 2. The Morgan fingerprint density at radius 2 is 1.71 bits per heavy atom. The first-order chi connectivity index (χ1) is 9.68. The van der Waals surface area contributed by atoms with Gasteiger partial charge >= 0.3 is 11.9 Å². The quantitative estimate of drug-likeness (QED) is 0.273. The second-order valence-corrected chi connectivity index (χ2v) is 4.72. The molecule has 3 unspecified atom stereocenters. The summed E-state index contributed by atoms with van der Waals surface area (Å²) in [7, 11) is 0. The Balaban J connectivity index is 4.50. The predicted octanol–water partition coefficient (Wildman–Crippen LogP) is -1.82. The molecule has 0 aromatic carbocycles. The summed E-state index contributed by atoms with van der Waals surface area (Å²) in [6, 6.07) is -3.23. The molecule has 0 heterocycles. The standard InChI is InChI=1S/C11H19N3O6S/c1-5(13-10(18)6(12)4-21)9(17)14-7(11(19)20)2-3-8(15)16/h5-7,21H,2-4,12H2,1H3,(H,13,18)(H,14,17)(H,15,16)(H,19,20). The maximum absolute atomic E-state index is 11.8. The summed E-state index contributed by atoms with van der Waals surface area (Å²) in [5.74, 6) is -3.76. The average molecular weight is 321 g/mol. The van der Waals surface area contributed by atoms with Crippen LogP contribution in [0.25, 0.3) is 0 Å². The molecule has 3 atom stereocenters. The molecule has 0 aliphatic carbocycles. The molecule has 0 fully saturated rings. The van der Waals surface area contributed by atoms with Gasteiger partial charge in [0, 0.05) is 12.2 Å². The zero-order valence-electron chi connectivity index (χ0n) is 11.4. The molecule has 21 heavy (non-hydrogen) atoms. The highest BCUT2D eigenvalue weighted by Gasteiger charge is 2.25. The first-order valence-corrected chi connectivity index (χ1v) is 6.74. The third-order valence-electron chi connectivity index (χ3n) is 2.55. The van der Waals surface area contributed by atoms with Gasteiger partial charge in [-0.15, -0.1) is 0 Å². The Bertz CT molecular complexity index is 417. The number of hydrogen-bond acceptors (Lipinski definition) is 6. The van der Waals surface area contributed by atoms with Crippen molar-refractivity contribution in [3.05, 3.63) is 0 Å². The highest BCUT2D eigenvalue weighted by atomic mass is 32.1. The lowest BCUT2D eigenvalue weighted by atomic mass is 10.1. The minimum Gasteiger partial charge on any atom is -0.481 e. The Hall–Kier alpha value is -1.81. The minimum absolute atomic E-state index is 0.0938. The van der Waals surface area contributed by atoms with Gasteiger partial charge < -0.3 is 26.6 Å². The molecule has 120 valence electrons. The van der Waals surface area contributed by atoms with Gasteiger partial charge in [0.05, 0.1) is 6.04 Å². The van der Waals surface area contributed by atoms with Crippen LogP contribution in [0, 0.1) is 0 Å². The lowest BCUT2D eigenvalue weighted by Gasteiger charge is -2.19. The van der Waals surface area contributed by atoms with E-state index in [-0.39, 0.29) is 12.2 Å². The van der Waals surface area contributed by atoms with E-state index >= 15 is 0 Å². The van der Waals surface area contributed by atoms with Crippen molar-refractivity contribution in [1.82, 2.24) is 10.6 Å². The van der Waals surface area contributed by atoms with E-state index in [0.29, 0.717) is 0 Å². The number of amides is 2. The van der Waals surface area contributed by atoms with Crippen molar-refractivity contribution in [3.63, 3.8) is 0 Å². The van der Waals surface area contributed by atoms with Crippen LogP contribution in [-0.2, 0) is 19.2 Å². The number of nitrogens with one attached hydrogen (secondary N) is 2. The lowest BCUT2D eigenvalue weighted by Crippen LogP contribution is -2.53. The Kier molecular flexibility index (Phi) is 8.39. The van der Waals surface area contributed by atoms with Crippen LogP contribution < -0.4 is 16.4 Å². The Morgan fingerprint density at radius 3 is 2.14 bits per heavy atom. The first kappa shape index (κ1) is 19.2. The number of nitrogens with two attached hydrogens (primary N) is 1. The molecule has 0 saturated heterocycles. The molecule has 6 N–H and O–H groups in total. The van der Waals surface area contributed by atoms with Crippen LogP contribution >= 0.6 is 12.6 Å². The zero-order valence-corrected chi connectivity index (χ0v) is 12.3. The van der Waals surface area contributed by atoms with Crippen molar-refractivity contribution in [2.24, 2.45) is 5.73 Å². The fourth-order valence-corrected chi connectivity index (χ4v) is 1.46. The van der Waals surface area contributed by atoms with E-state index in [1.807, 2.05) is 0 Å². The first-order valence-electron chi connectivity index (χ1n) is 6.10. The summed E-state index contributed by atoms with van der Waals surface area (Å²) in [5.41, 5.74) is 5.42. The summed E-state index contributed by atoms with van der Waals surface area (Å²) >= 11 is 3.84. The highest BCUT2D eigenvalue weighted by Crippen LogP contribution is 1.99. The molecular formula is C11H19N3O6S. The van der Waals surface area contributed by atoms with E-state index in [1.54, 1.807) is 0 Å². The van der Waals surface area contributed by atoms with Gasteiger partial charge in [0.1, 0.15) is 12.1 Å². The molecule has 0 rings (SSSR count). The molecule has 2 amide bonds. The molecule has 9 nitrogen and oxygen atoms in total. The number of hydrogen-bond donors (Lipinski definition) is 6. The maximum Gasteiger partial charge on any atom is 0.326 e. The number of carbonyl (C=O) groups excluding carboxylic acids is 2. The monoisotopic (exact) mass is 321 g/mol. The van der Waals surface area contributed by atoms with E-state index in [1.165, 1.54) is 6.92 Å². The SMILES string of the molecule is CC(NC(=O)C(N)CS)C(=O)NC(CCC(=O)O)C(=O)O. The third kappa shape index (κ3) is 7.51. The Labute approximate surface area is 126 Å². The van der Waals surface area contributed by atoms with E-state index in [9.17, 15) is 19.2 Å². The van der Waals surface area contributed by atoms with Crippen LogP contribution in [0.15, 0.2) is 0 Å². The van der Waals surface area contributed by atoms with Gasteiger partial charge in [-0.2, -0.15) is 12.6 Å². The number of thiol groups is 1. The van der Waals surface area contributed by atoms with Gasteiger partial charge in [-0.25, -0.2) is 4.79 Å². The third-order valence-corrected chi connectivity index (χ3v) is 2.94. The zero-order chi connectivity index (χ0) is 16.6. The predicted molar refractivity (Wildman–Crippen MR) is 75.9 cm³/mol. The van der Waals surface area contributed by atoms with Crippen molar-refractivity contribution < 1.29 is 29.4 Å². The topological polar surface area (TPSA) is 159 Å². The maximum atomic E-state index is 11.8. The molecular weight excluding hydrogens is 302 g/mol. The van der Waals surface area contributed by atoms with Crippen LogP contribution in [0.3, 0.4) is 0 Å². The summed E-state index contributed by atoms with van der Waals surface area (Å²) in [6.07, 6.45) is -0.657. The average Bonchev–Trinajstić information content (AvgIpc) is 2.41. The number of carboxylic acid groups (broad SMARTS) is 2. The fourth-order valence-electron chi connectivity index (χ4n) is 1.29. The number of aliphatic carboxylic acids is 2. The molecule has 0 bridgehead atoms. The number of rotatable bonds is 9. The minimum atomic E-state index is -1.35. The largest absolute Gasteiger partial charge is 0.481 e. The van der Waals surface area contributed by atoms with Crippen molar-refractivity contribution in [2.45, 2.75) is 37.9 Å². The van der Waals surface area contributed by atoms with E-state index in [0.717, 1.165) is 0 Å². The smallest absolute Gasteiger partial charge is 0.326 e. The highest BCUT2D eigenvalue weighted by molar-refractivity contribution is 7.80. The molecule has 0 radical (unpaired) electrons. The van der Waals surface area contributed by atoms with Crippen molar-refractivity contribution in [2.75, 3.05) is 5.75 Å². The van der Waals surface area contributed by atoms with Crippen molar-refractivity contribution in [1.29, 1.82) is 0 Å². The van der Waals surface area contributed by atoms with Crippen LogP contribution in [0.4, 0.5) is 0 Å². The molecule has 0 aromatic heterocycles. The van der Waals surface area contributed by atoms with E-state index in [2.05, 4.69) is 23.3 Å². The molecule has 0 aliphatic heterocycles. The van der Waals surface area contributed by atoms with Crippen LogP contribution in [0.2, 0.25) is 0 Å². The summed E-state index contributed by atoms with van der Waals surface area (Å²) in [5, 5.41) is 21.9. The van der Waals surface area contributed by atoms with Gasteiger partial charge in [-0.1, -0.05) is 0 Å². The molecule has 0 aliphatic rings. The van der Waals surface area contributed by atoms with Crippen LogP contribution in [0.5, 0.6) is 0 Å². The van der Waals surface area contributed by atoms with Crippen LogP contribution in [-0.4, -0.2) is 57.8 Å². The molecule has 0 spiro atoms. The molecule has 0 aromatic rings. The number of carbonyl (C=O) groups is 4.